The normalized spacial score (nSPS) is 32.5. The first-order chi connectivity index (χ1) is 17.2. The summed E-state index contributed by atoms with van der Waals surface area (Å²) in [4.78, 5) is 42.5. The molecule has 36 heavy (non-hydrogen) atoms. The summed E-state index contributed by atoms with van der Waals surface area (Å²) < 4.78 is 17.2. The second-order valence-corrected chi connectivity index (χ2v) is 10.3. The minimum atomic E-state index is -1.09. The molecular weight excluding hydrogens is 464 g/mol. The number of hydrogen-bond donors (Lipinski definition) is 2. The van der Waals surface area contributed by atoms with E-state index in [0.29, 0.717) is 37.2 Å². The molecule has 198 valence electrons. The number of hydrogen-bond acceptors (Lipinski definition) is 7. The van der Waals surface area contributed by atoms with E-state index in [4.69, 9.17) is 19.3 Å². The van der Waals surface area contributed by atoms with Crippen LogP contribution in [0.25, 0.3) is 0 Å². The van der Waals surface area contributed by atoms with Crippen molar-refractivity contribution < 1.29 is 33.7 Å². The minimum absolute atomic E-state index is 0.0308. The third-order valence-corrected chi connectivity index (χ3v) is 8.27. The van der Waals surface area contributed by atoms with E-state index in [2.05, 4.69) is 5.32 Å². The highest BCUT2D eigenvalue weighted by atomic mass is 16.6. The van der Waals surface area contributed by atoms with Gasteiger partial charge in [-0.1, -0.05) is 19.8 Å². The van der Waals surface area contributed by atoms with Crippen LogP contribution in [0.15, 0.2) is 24.3 Å². The van der Waals surface area contributed by atoms with Crippen molar-refractivity contribution >= 4 is 23.5 Å². The smallest absolute Gasteiger partial charge is 0.312 e. The molecule has 0 aliphatic carbocycles. The van der Waals surface area contributed by atoms with Gasteiger partial charge in [-0.25, -0.2) is 0 Å². The van der Waals surface area contributed by atoms with Crippen LogP contribution in [0.2, 0.25) is 0 Å². The van der Waals surface area contributed by atoms with Crippen molar-refractivity contribution in [1.82, 2.24) is 4.90 Å². The van der Waals surface area contributed by atoms with Gasteiger partial charge in [-0.15, -0.1) is 0 Å². The van der Waals surface area contributed by atoms with Gasteiger partial charge in [0.25, 0.3) is 0 Å². The van der Waals surface area contributed by atoms with E-state index in [1.807, 2.05) is 13.8 Å². The Kier molecular flexibility index (Phi) is 7.61. The quantitative estimate of drug-likeness (QED) is 0.353. The largest absolute Gasteiger partial charge is 0.497 e. The van der Waals surface area contributed by atoms with Gasteiger partial charge in [0, 0.05) is 18.8 Å². The number of likely N-dealkylation sites (tertiary alicyclic amines) is 1. The molecule has 2 bridgehead atoms. The maximum absolute atomic E-state index is 13.9. The summed E-state index contributed by atoms with van der Waals surface area (Å²) in [7, 11) is 1.57. The van der Waals surface area contributed by atoms with E-state index in [1.54, 1.807) is 43.2 Å². The summed E-state index contributed by atoms with van der Waals surface area (Å²) in [5.74, 6) is -1.87. The lowest BCUT2D eigenvalue weighted by molar-refractivity contribution is -0.160. The first-order valence-corrected chi connectivity index (χ1v) is 13.0. The topological polar surface area (TPSA) is 114 Å². The fourth-order valence-corrected chi connectivity index (χ4v) is 6.50. The van der Waals surface area contributed by atoms with Crippen molar-refractivity contribution in [3.63, 3.8) is 0 Å². The Hall–Kier alpha value is -2.65. The lowest BCUT2D eigenvalue weighted by Crippen LogP contribution is -2.54. The van der Waals surface area contributed by atoms with E-state index < -0.39 is 35.0 Å². The zero-order chi connectivity index (χ0) is 26.1. The Balaban J connectivity index is 1.66. The number of unbranched alkanes of at least 4 members (excludes halogenated alkanes) is 3. The second-order valence-electron chi connectivity index (χ2n) is 10.3. The summed E-state index contributed by atoms with van der Waals surface area (Å²) in [6.45, 7) is 6.35. The van der Waals surface area contributed by atoms with E-state index in [-0.39, 0.29) is 30.9 Å². The average Bonchev–Trinajstić information content (AvgIpc) is 3.36. The standard InChI is InChI=1S/C27H38N2O7/c1-5-35-25(33)21-20-24(32)29(14-8-6-7-9-15-30)22(27(20)16-17(2)26(21,3)36-27)23(31)28-18-10-12-19(34-4)13-11-18/h10-13,17,20-22,30H,5-9,14-16H2,1-4H3,(H,28,31)/t17?,20-,21+,22?,26-,27?/m0/s1. The summed E-state index contributed by atoms with van der Waals surface area (Å²) in [6, 6.07) is 6.15. The van der Waals surface area contributed by atoms with E-state index in [1.165, 1.54) is 0 Å². The fraction of sp³-hybridized carbons (Fsp3) is 0.667. The number of aliphatic hydroxyl groups is 1. The third kappa shape index (κ3) is 4.26. The molecule has 3 heterocycles. The minimum Gasteiger partial charge on any atom is -0.497 e. The predicted molar refractivity (Wildman–Crippen MR) is 132 cm³/mol. The molecule has 3 aliphatic rings. The van der Waals surface area contributed by atoms with Crippen molar-refractivity contribution in [3.05, 3.63) is 24.3 Å². The second kappa shape index (κ2) is 10.4. The number of anilines is 1. The highest BCUT2D eigenvalue weighted by Crippen LogP contribution is 2.65. The van der Waals surface area contributed by atoms with E-state index in [0.717, 1.165) is 12.8 Å². The molecule has 3 saturated heterocycles. The highest BCUT2D eigenvalue weighted by molar-refractivity contribution is 6.03. The van der Waals surface area contributed by atoms with Gasteiger partial charge in [0.2, 0.25) is 11.8 Å². The molecule has 3 aliphatic heterocycles. The lowest BCUT2D eigenvalue weighted by Gasteiger charge is -2.35. The number of benzene rings is 1. The van der Waals surface area contributed by atoms with Gasteiger partial charge in [-0.2, -0.15) is 0 Å². The molecule has 1 spiro atoms. The summed E-state index contributed by atoms with van der Waals surface area (Å²) in [5.41, 5.74) is -1.38. The first kappa shape index (κ1) is 26.4. The maximum atomic E-state index is 13.9. The molecule has 0 aromatic heterocycles. The number of nitrogens with zero attached hydrogens (tertiary/aromatic N) is 1. The van der Waals surface area contributed by atoms with Gasteiger partial charge in [-0.05, 0) is 63.3 Å². The molecule has 4 rings (SSSR count). The van der Waals surface area contributed by atoms with Crippen molar-refractivity contribution in [2.75, 3.05) is 32.2 Å². The molecule has 0 saturated carbocycles. The van der Waals surface area contributed by atoms with Gasteiger partial charge in [-0.3, -0.25) is 14.4 Å². The van der Waals surface area contributed by atoms with Crippen LogP contribution in [-0.2, 0) is 23.9 Å². The zero-order valence-corrected chi connectivity index (χ0v) is 21.6. The summed E-state index contributed by atoms with van der Waals surface area (Å²) in [5, 5.41) is 12.0. The van der Waals surface area contributed by atoms with Crippen LogP contribution in [-0.4, -0.2) is 71.9 Å². The summed E-state index contributed by atoms with van der Waals surface area (Å²) in [6.07, 6.45) is 3.57. The van der Waals surface area contributed by atoms with Crippen LogP contribution in [0.4, 0.5) is 5.69 Å². The number of nitrogens with one attached hydrogen (secondary N) is 1. The number of rotatable bonds is 11. The van der Waals surface area contributed by atoms with Gasteiger partial charge in [0.1, 0.15) is 23.3 Å². The number of carbonyl (C=O) groups is 3. The van der Waals surface area contributed by atoms with Crippen LogP contribution in [0, 0.1) is 17.8 Å². The number of esters is 1. The molecule has 1 aromatic carbocycles. The Morgan fingerprint density at radius 2 is 1.89 bits per heavy atom. The van der Waals surface area contributed by atoms with Gasteiger partial charge >= 0.3 is 5.97 Å². The molecule has 9 heteroatoms. The summed E-state index contributed by atoms with van der Waals surface area (Å²) >= 11 is 0. The zero-order valence-electron chi connectivity index (χ0n) is 21.6. The number of fused-ring (bicyclic) bond motifs is 1. The Morgan fingerprint density at radius 1 is 1.19 bits per heavy atom. The number of methoxy groups -OCH3 is 1. The monoisotopic (exact) mass is 502 g/mol. The van der Waals surface area contributed by atoms with Gasteiger partial charge in [0.15, 0.2) is 0 Å². The Labute approximate surface area is 212 Å². The Morgan fingerprint density at radius 3 is 2.53 bits per heavy atom. The van der Waals surface area contributed by atoms with Crippen molar-refractivity contribution in [2.45, 2.75) is 70.1 Å². The van der Waals surface area contributed by atoms with Crippen molar-refractivity contribution in [2.24, 2.45) is 17.8 Å². The van der Waals surface area contributed by atoms with Crippen molar-refractivity contribution in [3.8, 4) is 5.75 Å². The van der Waals surface area contributed by atoms with E-state index in [9.17, 15) is 14.4 Å². The maximum Gasteiger partial charge on any atom is 0.312 e. The SMILES string of the molecule is CCOC(=O)[C@H]1[C@H]2C(=O)N(CCCCCCO)C(C(=O)Nc3ccc(OC)cc3)C23CC(C)[C@]1(C)O3. The number of aliphatic hydroxyl groups excluding tert-OH is 1. The number of ether oxygens (including phenoxy) is 3. The average molecular weight is 503 g/mol. The number of carbonyl (C=O) groups excluding carboxylic acids is 3. The molecule has 1 aromatic rings. The molecular formula is C27H38N2O7. The molecule has 2 N–H and O–H groups in total. The van der Waals surface area contributed by atoms with Crippen LogP contribution < -0.4 is 10.1 Å². The molecule has 3 fully saturated rings. The highest BCUT2D eigenvalue weighted by Gasteiger charge is 2.80. The number of amides is 2. The van der Waals surface area contributed by atoms with Crippen molar-refractivity contribution in [1.29, 1.82) is 0 Å². The van der Waals surface area contributed by atoms with E-state index >= 15 is 0 Å². The molecule has 9 nitrogen and oxygen atoms in total. The fourth-order valence-electron chi connectivity index (χ4n) is 6.50. The molecule has 3 unspecified atom stereocenters. The van der Waals surface area contributed by atoms with Crippen LogP contribution in [0.5, 0.6) is 5.75 Å². The van der Waals surface area contributed by atoms with Gasteiger partial charge < -0.3 is 29.5 Å². The lowest BCUT2D eigenvalue weighted by atomic mass is 9.62. The van der Waals surface area contributed by atoms with Crippen LogP contribution in [0.3, 0.4) is 0 Å². The first-order valence-electron chi connectivity index (χ1n) is 13.0. The molecule has 6 atom stereocenters. The molecule has 0 radical (unpaired) electrons. The van der Waals surface area contributed by atoms with Crippen LogP contribution in [0.1, 0.15) is 52.9 Å². The molecule has 2 amide bonds. The Bertz CT molecular complexity index is 983. The van der Waals surface area contributed by atoms with Gasteiger partial charge in [0.05, 0.1) is 25.2 Å². The third-order valence-electron chi connectivity index (χ3n) is 8.27. The predicted octanol–water partition coefficient (Wildman–Crippen LogP) is 2.76. The van der Waals surface area contributed by atoms with Crippen LogP contribution >= 0.6 is 0 Å².